The summed E-state index contributed by atoms with van der Waals surface area (Å²) in [6.45, 7) is 5.00. The maximum absolute atomic E-state index is 12.1. The highest BCUT2D eigenvalue weighted by molar-refractivity contribution is 7.99. The van der Waals surface area contributed by atoms with Gasteiger partial charge in [-0.3, -0.25) is 10.1 Å². The average Bonchev–Trinajstić information content (AvgIpc) is 3.35. The van der Waals surface area contributed by atoms with Crippen LogP contribution in [0.2, 0.25) is 0 Å². The first-order valence-corrected chi connectivity index (χ1v) is 10.2. The predicted octanol–water partition coefficient (Wildman–Crippen LogP) is 2.67. The third-order valence-electron chi connectivity index (χ3n) is 5.02. The zero-order valence-electron chi connectivity index (χ0n) is 15.0. The molecule has 7 nitrogen and oxygen atoms in total. The minimum atomic E-state index is -0.389. The van der Waals surface area contributed by atoms with Crippen LogP contribution in [0.3, 0.4) is 0 Å². The van der Waals surface area contributed by atoms with E-state index in [0.717, 1.165) is 36.8 Å². The molecule has 8 heteroatoms. The molecule has 1 aromatic rings. The number of carbonyl (C=O) groups excluding carboxylic acids is 2. The van der Waals surface area contributed by atoms with E-state index in [-0.39, 0.29) is 23.7 Å². The summed E-state index contributed by atoms with van der Waals surface area (Å²) in [7, 11) is 0. The van der Waals surface area contributed by atoms with Crippen LogP contribution in [0.15, 0.2) is 5.16 Å². The first-order valence-electron chi connectivity index (χ1n) is 9.24. The van der Waals surface area contributed by atoms with Crippen molar-refractivity contribution in [1.29, 1.82) is 0 Å². The number of nitrogens with one attached hydrogen (secondary N) is 2. The second-order valence-corrected chi connectivity index (χ2v) is 7.98. The van der Waals surface area contributed by atoms with Gasteiger partial charge in [-0.05, 0) is 38.5 Å². The van der Waals surface area contributed by atoms with Gasteiger partial charge < -0.3 is 9.88 Å². The molecule has 0 saturated heterocycles. The SMILES string of the molecule is CCn1c(SCC(=O)NC(=O)N[C@H]2CCCC[C@H]2C)nnc1C1CC1. The molecule has 3 amide bonds. The lowest BCUT2D eigenvalue weighted by Crippen LogP contribution is -2.48. The van der Waals surface area contributed by atoms with Gasteiger partial charge in [0.05, 0.1) is 5.75 Å². The van der Waals surface area contributed by atoms with Crippen molar-refractivity contribution < 1.29 is 9.59 Å². The number of imide groups is 1. The number of rotatable bonds is 6. The topological polar surface area (TPSA) is 88.9 Å². The zero-order chi connectivity index (χ0) is 17.8. The van der Waals surface area contributed by atoms with Crippen LogP contribution in [0.1, 0.15) is 64.1 Å². The number of carbonyl (C=O) groups is 2. The van der Waals surface area contributed by atoms with Gasteiger partial charge >= 0.3 is 6.03 Å². The Morgan fingerprint density at radius 1 is 1.20 bits per heavy atom. The van der Waals surface area contributed by atoms with E-state index < -0.39 is 0 Å². The highest BCUT2D eigenvalue weighted by Crippen LogP contribution is 2.39. The van der Waals surface area contributed by atoms with Crippen molar-refractivity contribution in [3.8, 4) is 0 Å². The molecule has 2 fully saturated rings. The van der Waals surface area contributed by atoms with Gasteiger partial charge in [-0.15, -0.1) is 10.2 Å². The smallest absolute Gasteiger partial charge is 0.321 e. The summed E-state index contributed by atoms with van der Waals surface area (Å²) < 4.78 is 2.07. The summed E-state index contributed by atoms with van der Waals surface area (Å²) in [5.74, 6) is 1.88. The van der Waals surface area contributed by atoms with Crippen LogP contribution in [-0.2, 0) is 11.3 Å². The molecule has 0 aliphatic heterocycles. The van der Waals surface area contributed by atoms with Gasteiger partial charge in [0.15, 0.2) is 5.16 Å². The summed E-state index contributed by atoms with van der Waals surface area (Å²) in [6, 6.07) is -0.224. The number of thioether (sulfide) groups is 1. The number of nitrogens with zero attached hydrogens (tertiary/aromatic N) is 3. The van der Waals surface area contributed by atoms with Crippen LogP contribution in [0.4, 0.5) is 4.79 Å². The van der Waals surface area contributed by atoms with E-state index in [2.05, 4.69) is 39.2 Å². The van der Waals surface area contributed by atoms with Crippen molar-refractivity contribution in [2.75, 3.05) is 5.75 Å². The molecule has 0 aromatic carbocycles. The molecule has 2 N–H and O–H groups in total. The molecule has 3 rings (SSSR count). The minimum absolute atomic E-state index is 0.163. The van der Waals surface area contributed by atoms with Gasteiger partial charge in [-0.25, -0.2) is 4.79 Å². The maximum atomic E-state index is 12.1. The summed E-state index contributed by atoms with van der Waals surface area (Å²) in [4.78, 5) is 24.1. The molecule has 1 heterocycles. The van der Waals surface area contributed by atoms with E-state index in [1.165, 1.54) is 31.0 Å². The van der Waals surface area contributed by atoms with Crippen LogP contribution < -0.4 is 10.6 Å². The molecular weight excluding hydrogens is 338 g/mol. The largest absolute Gasteiger partial charge is 0.335 e. The fraction of sp³-hybridized carbons (Fsp3) is 0.765. The molecule has 2 aliphatic rings. The fourth-order valence-electron chi connectivity index (χ4n) is 3.38. The van der Waals surface area contributed by atoms with E-state index in [4.69, 9.17) is 0 Å². The molecule has 0 unspecified atom stereocenters. The van der Waals surface area contributed by atoms with Gasteiger partial charge in [0.1, 0.15) is 5.82 Å². The van der Waals surface area contributed by atoms with Crippen molar-refractivity contribution in [3.63, 3.8) is 0 Å². The molecule has 2 saturated carbocycles. The highest BCUT2D eigenvalue weighted by Gasteiger charge is 2.30. The summed E-state index contributed by atoms with van der Waals surface area (Å²) >= 11 is 1.33. The first kappa shape index (κ1) is 18.2. The molecule has 138 valence electrons. The van der Waals surface area contributed by atoms with Gasteiger partial charge in [0.25, 0.3) is 0 Å². The van der Waals surface area contributed by atoms with E-state index in [1.54, 1.807) is 0 Å². The standard InChI is InChI=1S/C17H27N5O2S/c1-3-22-15(12-8-9-12)20-21-17(22)25-10-14(23)19-16(24)18-13-7-5-4-6-11(13)2/h11-13H,3-10H2,1-2H3,(H2,18,19,23,24)/t11-,13+/m1/s1. The van der Waals surface area contributed by atoms with Crippen LogP contribution >= 0.6 is 11.8 Å². The Morgan fingerprint density at radius 2 is 1.96 bits per heavy atom. The number of hydrogen-bond donors (Lipinski definition) is 2. The Morgan fingerprint density at radius 3 is 2.64 bits per heavy atom. The highest BCUT2D eigenvalue weighted by atomic mass is 32.2. The Balaban J connectivity index is 1.45. The molecule has 0 radical (unpaired) electrons. The second kappa shape index (κ2) is 8.21. The number of aromatic nitrogens is 3. The zero-order valence-corrected chi connectivity index (χ0v) is 15.8. The van der Waals surface area contributed by atoms with Crippen molar-refractivity contribution in [1.82, 2.24) is 25.4 Å². The number of hydrogen-bond acceptors (Lipinski definition) is 5. The lowest BCUT2D eigenvalue weighted by Gasteiger charge is -2.29. The quantitative estimate of drug-likeness (QED) is 0.757. The minimum Gasteiger partial charge on any atom is -0.335 e. The predicted molar refractivity (Wildman–Crippen MR) is 96.5 cm³/mol. The van der Waals surface area contributed by atoms with Crippen molar-refractivity contribution in [3.05, 3.63) is 5.82 Å². The normalized spacial score (nSPS) is 23.3. The molecule has 2 aliphatic carbocycles. The van der Waals surface area contributed by atoms with Gasteiger partial charge in [-0.1, -0.05) is 31.5 Å². The number of urea groups is 1. The molecule has 25 heavy (non-hydrogen) atoms. The Labute approximate surface area is 152 Å². The lowest BCUT2D eigenvalue weighted by atomic mass is 9.86. The van der Waals surface area contributed by atoms with Crippen LogP contribution in [-0.4, -0.2) is 38.5 Å². The van der Waals surface area contributed by atoms with Crippen molar-refractivity contribution in [2.45, 2.75) is 76.0 Å². The summed E-state index contributed by atoms with van der Waals surface area (Å²) in [5, 5.41) is 14.6. The van der Waals surface area contributed by atoms with E-state index in [0.29, 0.717) is 11.8 Å². The first-order chi connectivity index (χ1) is 12.1. The molecule has 2 atom stereocenters. The maximum Gasteiger partial charge on any atom is 0.321 e. The third-order valence-corrected chi connectivity index (χ3v) is 5.98. The van der Waals surface area contributed by atoms with Crippen LogP contribution in [0.5, 0.6) is 0 Å². The van der Waals surface area contributed by atoms with Crippen LogP contribution in [0, 0.1) is 5.92 Å². The fourth-order valence-corrected chi connectivity index (χ4v) is 4.18. The second-order valence-electron chi connectivity index (χ2n) is 7.04. The van der Waals surface area contributed by atoms with Crippen molar-refractivity contribution in [2.24, 2.45) is 5.92 Å². The molecular formula is C17H27N5O2S. The van der Waals surface area contributed by atoms with E-state index >= 15 is 0 Å². The monoisotopic (exact) mass is 365 g/mol. The van der Waals surface area contributed by atoms with Gasteiger partial charge in [0, 0.05) is 18.5 Å². The lowest BCUT2D eigenvalue weighted by molar-refractivity contribution is -0.117. The Bertz CT molecular complexity index is 629. The molecule has 0 bridgehead atoms. The van der Waals surface area contributed by atoms with E-state index in [9.17, 15) is 9.59 Å². The molecule has 0 spiro atoms. The Hall–Kier alpha value is -1.57. The van der Waals surface area contributed by atoms with E-state index in [1.807, 2.05) is 0 Å². The molecule has 1 aromatic heterocycles. The summed E-state index contributed by atoms with van der Waals surface area (Å²) in [5.41, 5.74) is 0. The van der Waals surface area contributed by atoms with Crippen molar-refractivity contribution >= 4 is 23.7 Å². The van der Waals surface area contributed by atoms with Gasteiger partial charge in [0.2, 0.25) is 5.91 Å². The van der Waals surface area contributed by atoms with Gasteiger partial charge in [-0.2, -0.15) is 0 Å². The Kier molecular flexibility index (Phi) is 5.98. The number of amides is 3. The average molecular weight is 366 g/mol. The van der Waals surface area contributed by atoms with Crippen LogP contribution in [0.25, 0.3) is 0 Å². The summed E-state index contributed by atoms with van der Waals surface area (Å²) in [6.07, 6.45) is 6.81. The third kappa shape index (κ3) is 4.74.